The molecule has 3 atom stereocenters. The summed E-state index contributed by atoms with van der Waals surface area (Å²) < 4.78 is 4.62. The van der Waals surface area contributed by atoms with Gasteiger partial charge in [-0.15, -0.1) is 0 Å². The third-order valence-corrected chi connectivity index (χ3v) is 1.96. The van der Waals surface area contributed by atoms with Gasteiger partial charge in [0, 0.05) is 0 Å². The number of ketones is 1. The van der Waals surface area contributed by atoms with E-state index < -0.39 is 30.1 Å². The molecule has 0 spiro atoms. The van der Waals surface area contributed by atoms with E-state index in [9.17, 15) is 9.59 Å². The van der Waals surface area contributed by atoms with Crippen molar-refractivity contribution < 1.29 is 24.5 Å². The largest absolute Gasteiger partial charge is 0.452 e. The molecule has 2 N–H and O–H groups in total. The highest BCUT2D eigenvalue weighted by molar-refractivity contribution is 5.97. The van der Waals surface area contributed by atoms with Crippen LogP contribution in [-0.2, 0) is 14.3 Å². The topological polar surface area (TPSA) is 83.8 Å². The van der Waals surface area contributed by atoms with Gasteiger partial charge < -0.3 is 14.9 Å². The number of cyclic esters (lactones) is 1. The lowest BCUT2D eigenvalue weighted by atomic mass is 9.99. The molecule has 0 aromatic rings. The first-order valence-electron chi connectivity index (χ1n) is 4.18. The number of aliphatic hydroxyl groups excluding tert-OH is 2. The Bertz CT molecular complexity index is 225. The summed E-state index contributed by atoms with van der Waals surface area (Å²) >= 11 is 0. The Morgan fingerprint density at radius 1 is 1.31 bits per heavy atom. The molecule has 0 aromatic heterocycles. The molecule has 1 saturated heterocycles. The molecule has 0 aliphatic carbocycles. The molecule has 1 fully saturated rings. The maximum Gasteiger partial charge on any atom is 0.338 e. The maximum absolute atomic E-state index is 11.2. The van der Waals surface area contributed by atoms with Crippen LogP contribution >= 0.6 is 0 Å². The van der Waals surface area contributed by atoms with Gasteiger partial charge in [-0.1, -0.05) is 13.3 Å². The molecule has 0 aromatic carbocycles. The summed E-state index contributed by atoms with van der Waals surface area (Å²) in [5, 5.41) is 18.1. The smallest absolute Gasteiger partial charge is 0.338 e. The number of Topliss-reactive ketones (excluding diaryl/α,β-unsaturated/α-hetero) is 1. The van der Waals surface area contributed by atoms with E-state index >= 15 is 0 Å². The predicted octanol–water partition coefficient (Wildman–Crippen LogP) is -0.997. The standard InChI is InChI=1S/C8H12O5/c1-2-3-4-5(9)6(10)7(11)8(12)13-4/h4,6-7,10-11H,2-3H2,1H3. The van der Waals surface area contributed by atoms with Crippen molar-refractivity contribution in [3.63, 3.8) is 0 Å². The van der Waals surface area contributed by atoms with Crippen LogP contribution in [0.1, 0.15) is 19.8 Å². The first kappa shape index (κ1) is 10.1. The zero-order valence-corrected chi connectivity index (χ0v) is 7.27. The molecule has 5 nitrogen and oxygen atoms in total. The normalized spacial score (nSPS) is 34.5. The fourth-order valence-corrected chi connectivity index (χ4v) is 1.21. The van der Waals surface area contributed by atoms with Crippen molar-refractivity contribution in [2.24, 2.45) is 0 Å². The summed E-state index contributed by atoms with van der Waals surface area (Å²) in [7, 11) is 0. The van der Waals surface area contributed by atoms with Crippen molar-refractivity contribution >= 4 is 11.8 Å². The number of ether oxygens (including phenoxy) is 1. The molecule has 1 rings (SSSR count). The fourth-order valence-electron chi connectivity index (χ4n) is 1.21. The summed E-state index contributed by atoms with van der Waals surface area (Å²) in [5.41, 5.74) is 0. The van der Waals surface area contributed by atoms with E-state index in [-0.39, 0.29) is 0 Å². The number of hydrogen-bond donors (Lipinski definition) is 2. The second-order valence-electron chi connectivity index (χ2n) is 3.01. The van der Waals surface area contributed by atoms with E-state index in [1.807, 2.05) is 6.92 Å². The van der Waals surface area contributed by atoms with Crippen LogP contribution in [0, 0.1) is 0 Å². The van der Waals surface area contributed by atoms with Crippen molar-refractivity contribution in [2.75, 3.05) is 0 Å². The highest BCUT2D eigenvalue weighted by Crippen LogP contribution is 2.16. The quantitative estimate of drug-likeness (QED) is 0.543. The van der Waals surface area contributed by atoms with Crippen LogP contribution in [0.3, 0.4) is 0 Å². The van der Waals surface area contributed by atoms with Crippen LogP contribution in [0.2, 0.25) is 0 Å². The lowest BCUT2D eigenvalue weighted by molar-refractivity contribution is -0.184. The van der Waals surface area contributed by atoms with E-state index in [2.05, 4.69) is 4.74 Å². The van der Waals surface area contributed by atoms with Gasteiger partial charge in [0.25, 0.3) is 0 Å². The van der Waals surface area contributed by atoms with Crippen LogP contribution in [0.25, 0.3) is 0 Å². The highest BCUT2D eigenvalue weighted by Gasteiger charge is 2.42. The third kappa shape index (κ3) is 1.87. The first-order chi connectivity index (χ1) is 6.07. The third-order valence-electron chi connectivity index (χ3n) is 1.96. The van der Waals surface area contributed by atoms with E-state index in [1.165, 1.54) is 0 Å². The monoisotopic (exact) mass is 188 g/mol. The molecule has 13 heavy (non-hydrogen) atoms. The molecule has 1 heterocycles. The Morgan fingerprint density at radius 3 is 2.46 bits per heavy atom. The Balaban J connectivity index is 2.70. The average molecular weight is 188 g/mol. The number of aliphatic hydroxyl groups is 2. The molecule has 0 bridgehead atoms. The van der Waals surface area contributed by atoms with Crippen LogP contribution in [0.4, 0.5) is 0 Å². The molecule has 3 unspecified atom stereocenters. The molecular formula is C8H12O5. The second-order valence-corrected chi connectivity index (χ2v) is 3.01. The molecule has 1 aliphatic heterocycles. The Morgan fingerprint density at radius 2 is 1.92 bits per heavy atom. The van der Waals surface area contributed by atoms with Crippen molar-refractivity contribution in [1.29, 1.82) is 0 Å². The summed E-state index contributed by atoms with van der Waals surface area (Å²) in [6, 6.07) is 0. The minimum absolute atomic E-state index is 0.383. The number of rotatable bonds is 2. The van der Waals surface area contributed by atoms with Gasteiger partial charge in [-0.3, -0.25) is 4.79 Å². The maximum atomic E-state index is 11.2. The SMILES string of the molecule is CCCC1OC(=O)C(O)C(O)C1=O. The van der Waals surface area contributed by atoms with Crippen LogP contribution in [0.15, 0.2) is 0 Å². The summed E-state index contributed by atoms with van der Waals surface area (Å²) in [6.07, 6.45) is -3.18. The summed E-state index contributed by atoms with van der Waals surface area (Å²) in [6.45, 7) is 1.83. The van der Waals surface area contributed by atoms with Gasteiger partial charge in [-0.05, 0) is 6.42 Å². The Labute approximate surface area is 75.3 Å². The molecular weight excluding hydrogens is 176 g/mol. The lowest BCUT2D eigenvalue weighted by Crippen LogP contribution is -2.52. The van der Waals surface area contributed by atoms with E-state index in [0.717, 1.165) is 0 Å². The van der Waals surface area contributed by atoms with E-state index in [1.54, 1.807) is 0 Å². The zero-order valence-electron chi connectivity index (χ0n) is 7.27. The van der Waals surface area contributed by atoms with Crippen LogP contribution in [0.5, 0.6) is 0 Å². The molecule has 0 radical (unpaired) electrons. The van der Waals surface area contributed by atoms with Gasteiger partial charge in [0.1, 0.15) is 0 Å². The van der Waals surface area contributed by atoms with Gasteiger partial charge in [0.05, 0.1) is 0 Å². The molecule has 5 heteroatoms. The number of carbonyl (C=O) groups excluding carboxylic acids is 2. The zero-order chi connectivity index (χ0) is 10.0. The molecule has 0 amide bonds. The predicted molar refractivity (Wildman–Crippen MR) is 41.8 cm³/mol. The lowest BCUT2D eigenvalue weighted by Gasteiger charge is -2.27. The molecule has 74 valence electrons. The van der Waals surface area contributed by atoms with Gasteiger partial charge in [-0.2, -0.15) is 0 Å². The van der Waals surface area contributed by atoms with Crippen molar-refractivity contribution in [3.8, 4) is 0 Å². The number of esters is 1. The van der Waals surface area contributed by atoms with Crippen molar-refractivity contribution in [1.82, 2.24) is 0 Å². The van der Waals surface area contributed by atoms with Crippen LogP contribution in [-0.4, -0.2) is 40.3 Å². The van der Waals surface area contributed by atoms with Crippen molar-refractivity contribution in [3.05, 3.63) is 0 Å². The van der Waals surface area contributed by atoms with Gasteiger partial charge in [0.2, 0.25) is 5.78 Å². The van der Waals surface area contributed by atoms with Crippen molar-refractivity contribution in [2.45, 2.75) is 38.1 Å². The Hall–Kier alpha value is -0.940. The summed E-state index contributed by atoms with van der Waals surface area (Å²) in [4.78, 5) is 22.0. The number of hydrogen-bond acceptors (Lipinski definition) is 5. The molecule has 0 saturated carbocycles. The van der Waals surface area contributed by atoms with E-state index in [0.29, 0.717) is 12.8 Å². The second kappa shape index (κ2) is 3.85. The van der Waals surface area contributed by atoms with E-state index in [4.69, 9.17) is 10.2 Å². The fraction of sp³-hybridized carbons (Fsp3) is 0.750. The van der Waals surface area contributed by atoms with Gasteiger partial charge in [-0.25, -0.2) is 4.79 Å². The van der Waals surface area contributed by atoms with Gasteiger partial charge >= 0.3 is 5.97 Å². The Kier molecular flexibility index (Phi) is 3.00. The molecule has 1 aliphatic rings. The summed E-state index contributed by atoms with van der Waals surface area (Å²) in [5.74, 6) is -1.54. The first-order valence-corrected chi connectivity index (χ1v) is 4.18. The highest BCUT2D eigenvalue weighted by atomic mass is 16.6. The van der Waals surface area contributed by atoms with Gasteiger partial charge in [0.15, 0.2) is 18.3 Å². The number of carbonyl (C=O) groups is 2. The minimum Gasteiger partial charge on any atom is -0.452 e. The average Bonchev–Trinajstić information content (AvgIpc) is 2.11. The minimum atomic E-state index is -1.72. The van der Waals surface area contributed by atoms with Crippen LogP contribution < -0.4 is 0 Å².